The molecule has 0 aromatic heterocycles. The summed E-state index contributed by atoms with van der Waals surface area (Å²) in [6, 6.07) is 7.97. The molecule has 1 heterocycles. The predicted molar refractivity (Wildman–Crippen MR) is 72.1 cm³/mol. The van der Waals surface area contributed by atoms with Crippen LogP contribution in [0.4, 0.5) is 4.79 Å². The second kappa shape index (κ2) is 6.10. The number of hydrogen-bond donors (Lipinski definition) is 1. The molecule has 0 aliphatic carbocycles. The minimum atomic E-state index is -0.786. The summed E-state index contributed by atoms with van der Waals surface area (Å²) >= 11 is 5.85. The number of piperidine rings is 1. The number of hydrogen-bond acceptors (Lipinski definition) is 1. The lowest BCUT2D eigenvalue weighted by Gasteiger charge is -2.29. The van der Waals surface area contributed by atoms with Gasteiger partial charge in [0.05, 0.1) is 0 Å². The van der Waals surface area contributed by atoms with Crippen molar-refractivity contribution in [3.63, 3.8) is 0 Å². The van der Waals surface area contributed by atoms with Crippen LogP contribution in [-0.4, -0.2) is 29.2 Å². The van der Waals surface area contributed by atoms with Crippen molar-refractivity contribution in [3.8, 4) is 0 Å². The highest BCUT2D eigenvalue weighted by molar-refractivity contribution is 6.30. The monoisotopic (exact) mass is 267 g/mol. The Morgan fingerprint density at radius 2 is 1.89 bits per heavy atom. The van der Waals surface area contributed by atoms with E-state index in [2.05, 4.69) is 12.1 Å². The largest absolute Gasteiger partial charge is 0.465 e. The molecule has 0 atom stereocenters. The molecule has 18 heavy (non-hydrogen) atoms. The SMILES string of the molecule is O=C(O)N1CCC(CCc2ccc(Cl)cc2)CC1. The lowest BCUT2D eigenvalue weighted by atomic mass is 9.91. The van der Waals surface area contributed by atoms with E-state index in [4.69, 9.17) is 16.7 Å². The third-order valence-electron chi connectivity index (χ3n) is 3.64. The van der Waals surface area contributed by atoms with Gasteiger partial charge in [-0.25, -0.2) is 4.79 Å². The van der Waals surface area contributed by atoms with E-state index in [0.717, 1.165) is 30.7 Å². The van der Waals surface area contributed by atoms with E-state index < -0.39 is 6.09 Å². The predicted octanol–water partition coefficient (Wildman–Crippen LogP) is 3.66. The van der Waals surface area contributed by atoms with Crippen LogP contribution in [0, 0.1) is 5.92 Å². The molecule has 1 N–H and O–H groups in total. The van der Waals surface area contributed by atoms with Crippen molar-refractivity contribution < 1.29 is 9.90 Å². The van der Waals surface area contributed by atoms with E-state index in [9.17, 15) is 4.79 Å². The van der Waals surface area contributed by atoms with Gasteiger partial charge in [0.2, 0.25) is 0 Å². The maximum Gasteiger partial charge on any atom is 0.407 e. The fourth-order valence-corrected chi connectivity index (χ4v) is 2.56. The minimum Gasteiger partial charge on any atom is -0.465 e. The standard InChI is InChI=1S/C14H18ClNO2/c15-13-5-3-11(4-6-13)1-2-12-7-9-16(10-8-12)14(17)18/h3-6,12H,1-2,7-10H2,(H,17,18). The highest BCUT2D eigenvalue weighted by Crippen LogP contribution is 2.22. The van der Waals surface area contributed by atoms with Crippen LogP contribution in [0.2, 0.25) is 5.02 Å². The number of halogens is 1. The second-order valence-corrected chi connectivity index (χ2v) is 5.31. The summed E-state index contributed by atoms with van der Waals surface area (Å²) in [6.07, 6.45) is 3.37. The smallest absolute Gasteiger partial charge is 0.407 e. The van der Waals surface area contributed by atoms with Gasteiger partial charge in [0.25, 0.3) is 0 Å². The van der Waals surface area contributed by atoms with Gasteiger partial charge in [-0.2, -0.15) is 0 Å². The van der Waals surface area contributed by atoms with Gasteiger partial charge in [0, 0.05) is 18.1 Å². The number of benzene rings is 1. The number of carboxylic acid groups (broad SMARTS) is 1. The zero-order chi connectivity index (χ0) is 13.0. The Morgan fingerprint density at radius 1 is 1.28 bits per heavy atom. The number of amides is 1. The first-order valence-electron chi connectivity index (χ1n) is 6.37. The van der Waals surface area contributed by atoms with Crippen LogP contribution in [0.3, 0.4) is 0 Å². The summed E-state index contributed by atoms with van der Waals surface area (Å²) in [4.78, 5) is 12.3. The zero-order valence-electron chi connectivity index (χ0n) is 10.3. The molecule has 98 valence electrons. The van der Waals surface area contributed by atoms with Gasteiger partial charge in [0.15, 0.2) is 0 Å². The molecular weight excluding hydrogens is 250 g/mol. The topological polar surface area (TPSA) is 40.5 Å². The first-order valence-corrected chi connectivity index (χ1v) is 6.75. The summed E-state index contributed by atoms with van der Waals surface area (Å²) in [7, 11) is 0. The summed E-state index contributed by atoms with van der Waals surface area (Å²) < 4.78 is 0. The Kier molecular flexibility index (Phi) is 4.48. The fraction of sp³-hybridized carbons (Fsp3) is 0.500. The van der Waals surface area contributed by atoms with Crippen molar-refractivity contribution in [1.29, 1.82) is 0 Å². The molecule has 1 amide bonds. The molecule has 0 spiro atoms. The van der Waals surface area contributed by atoms with E-state index in [1.54, 1.807) is 0 Å². The van der Waals surface area contributed by atoms with Gasteiger partial charge >= 0.3 is 6.09 Å². The third kappa shape index (κ3) is 3.64. The van der Waals surface area contributed by atoms with Crippen molar-refractivity contribution in [2.24, 2.45) is 5.92 Å². The Morgan fingerprint density at radius 3 is 2.44 bits per heavy atom. The first kappa shape index (κ1) is 13.2. The second-order valence-electron chi connectivity index (χ2n) is 4.88. The third-order valence-corrected chi connectivity index (χ3v) is 3.89. The van der Waals surface area contributed by atoms with Crippen LogP contribution in [0.15, 0.2) is 24.3 Å². The van der Waals surface area contributed by atoms with Crippen LogP contribution in [0.5, 0.6) is 0 Å². The molecule has 2 rings (SSSR count). The number of carbonyl (C=O) groups is 1. The zero-order valence-corrected chi connectivity index (χ0v) is 11.1. The number of nitrogens with zero attached hydrogens (tertiary/aromatic N) is 1. The molecule has 0 saturated carbocycles. The van der Waals surface area contributed by atoms with Gasteiger partial charge in [-0.15, -0.1) is 0 Å². The van der Waals surface area contributed by atoms with E-state index in [1.807, 2.05) is 12.1 Å². The van der Waals surface area contributed by atoms with Crippen LogP contribution < -0.4 is 0 Å². The Balaban J connectivity index is 1.75. The molecule has 1 fully saturated rings. The Hall–Kier alpha value is -1.22. The van der Waals surface area contributed by atoms with Gasteiger partial charge < -0.3 is 10.0 Å². The average Bonchev–Trinajstić information content (AvgIpc) is 2.38. The Labute approximate surface area is 112 Å². The molecule has 1 aromatic rings. The van der Waals surface area contributed by atoms with Gasteiger partial charge in [-0.1, -0.05) is 23.7 Å². The molecule has 1 aromatic carbocycles. The van der Waals surface area contributed by atoms with Crippen LogP contribution >= 0.6 is 11.6 Å². The molecule has 4 heteroatoms. The summed E-state index contributed by atoms with van der Waals surface area (Å²) in [5, 5.41) is 9.64. The highest BCUT2D eigenvalue weighted by atomic mass is 35.5. The number of likely N-dealkylation sites (tertiary alicyclic amines) is 1. The van der Waals surface area contributed by atoms with Gasteiger partial charge in [0.1, 0.15) is 0 Å². The molecule has 3 nitrogen and oxygen atoms in total. The summed E-state index contributed by atoms with van der Waals surface area (Å²) in [5.74, 6) is 0.649. The van der Waals surface area contributed by atoms with Gasteiger partial charge in [-0.3, -0.25) is 0 Å². The average molecular weight is 268 g/mol. The molecule has 0 unspecified atom stereocenters. The first-order chi connectivity index (χ1) is 8.65. The van der Waals surface area contributed by atoms with Crippen LogP contribution in [0.1, 0.15) is 24.8 Å². The normalized spacial score (nSPS) is 16.8. The van der Waals surface area contributed by atoms with Crippen molar-refractivity contribution in [2.45, 2.75) is 25.7 Å². The maximum atomic E-state index is 10.8. The molecule has 1 saturated heterocycles. The summed E-state index contributed by atoms with van der Waals surface area (Å²) in [6.45, 7) is 1.36. The molecule has 0 radical (unpaired) electrons. The number of rotatable bonds is 3. The molecule has 1 aliphatic heterocycles. The molecule has 1 aliphatic rings. The molecular formula is C14H18ClNO2. The van der Waals surface area contributed by atoms with Crippen molar-refractivity contribution in [2.75, 3.05) is 13.1 Å². The Bertz CT molecular complexity index is 397. The molecule has 0 bridgehead atoms. The van der Waals surface area contributed by atoms with E-state index in [1.165, 1.54) is 10.5 Å². The highest BCUT2D eigenvalue weighted by Gasteiger charge is 2.21. The van der Waals surface area contributed by atoms with E-state index in [0.29, 0.717) is 19.0 Å². The fourth-order valence-electron chi connectivity index (χ4n) is 2.43. The van der Waals surface area contributed by atoms with Crippen LogP contribution in [0.25, 0.3) is 0 Å². The lowest BCUT2D eigenvalue weighted by molar-refractivity contribution is 0.123. The van der Waals surface area contributed by atoms with Crippen LogP contribution in [-0.2, 0) is 6.42 Å². The van der Waals surface area contributed by atoms with Crippen molar-refractivity contribution in [3.05, 3.63) is 34.9 Å². The quantitative estimate of drug-likeness (QED) is 0.908. The maximum absolute atomic E-state index is 10.8. The number of aryl methyl sites for hydroxylation is 1. The van der Waals surface area contributed by atoms with E-state index >= 15 is 0 Å². The summed E-state index contributed by atoms with van der Waals surface area (Å²) in [5.41, 5.74) is 1.31. The lowest BCUT2D eigenvalue weighted by Crippen LogP contribution is -2.37. The van der Waals surface area contributed by atoms with Gasteiger partial charge in [-0.05, 0) is 49.3 Å². The van der Waals surface area contributed by atoms with Crippen molar-refractivity contribution in [1.82, 2.24) is 4.90 Å². The van der Waals surface area contributed by atoms with Crippen molar-refractivity contribution >= 4 is 17.7 Å². The minimum absolute atomic E-state index is 0.649. The van der Waals surface area contributed by atoms with E-state index in [-0.39, 0.29) is 0 Å².